The molecular formula is C10H10ClF2IO. The monoisotopic (exact) mass is 346 g/mol. The number of benzene rings is 1. The Morgan fingerprint density at radius 3 is 2.73 bits per heavy atom. The second kappa shape index (κ2) is 6.48. The lowest BCUT2D eigenvalue weighted by atomic mass is 10.1. The Labute approximate surface area is 106 Å². The first-order valence-corrected chi connectivity index (χ1v) is 6.04. The molecule has 5 heteroatoms. The fraction of sp³-hybridized carbons (Fsp3) is 0.400. The van der Waals surface area contributed by atoms with Gasteiger partial charge in [-0.05, 0) is 47.1 Å². The highest BCUT2D eigenvalue weighted by Crippen LogP contribution is 2.26. The molecule has 0 spiro atoms. The number of alkyl halides is 3. The van der Waals surface area contributed by atoms with Gasteiger partial charge in [0, 0.05) is 5.88 Å². The summed E-state index contributed by atoms with van der Waals surface area (Å²) >= 11 is 7.59. The van der Waals surface area contributed by atoms with Gasteiger partial charge in [-0.3, -0.25) is 0 Å². The van der Waals surface area contributed by atoms with Crippen molar-refractivity contribution in [1.29, 1.82) is 0 Å². The molecule has 84 valence electrons. The van der Waals surface area contributed by atoms with E-state index in [1.54, 1.807) is 6.07 Å². The Morgan fingerprint density at radius 1 is 1.40 bits per heavy atom. The number of ether oxygens (including phenoxy) is 1. The molecule has 1 aromatic carbocycles. The van der Waals surface area contributed by atoms with Gasteiger partial charge in [0.25, 0.3) is 0 Å². The molecule has 0 saturated heterocycles. The molecule has 0 aliphatic carbocycles. The first-order valence-electron chi connectivity index (χ1n) is 4.43. The van der Waals surface area contributed by atoms with Crippen LogP contribution in [0.1, 0.15) is 12.0 Å². The van der Waals surface area contributed by atoms with Crippen molar-refractivity contribution in [1.82, 2.24) is 0 Å². The molecular weight excluding hydrogens is 336 g/mol. The van der Waals surface area contributed by atoms with Crippen LogP contribution in [0, 0.1) is 3.57 Å². The molecule has 0 N–H and O–H groups in total. The number of rotatable bonds is 5. The standard InChI is InChI=1S/C10H10ClF2IO/c11-6-2-4-7-3-1-5-8(9(7)14)15-10(12)13/h1,3,5,10H,2,4,6H2. The minimum atomic E-state index is -2.78. The summed E-state index contributed by atoms with van der Waals surface area (Å²) in [6.07, 6.45) is 1.61. The molecule has 0 unspecified atom stereocenters. The van der Waals surface area contributed by atoms with Gasteiger partial charge >= 0.3 is 6.61 Å². The highest BCUT2D eigenvalue weighted by atomic mass is 127. The molecule has 0 amide bonds. The van der Waals surface area contributed by atoms with Crippen LogP contribution in [0.2, 0.25) is 0 Å². The summed E-state index contributed by atoms with van der Waals surface area (Å²) < 4.78 is 29.2. The number of halogens is 4. The maximum atomic E-state index is 12.0. The third kappa shape index (κ3) is 4.10. The molecule has 0 aliphatic heterocycles. The fourth-order valence-electron chi connectivity index (χ4n) is 1.19. The second-order valence-corrected chi connectivity index (χ2v) is 4.36. The Kier molecular flexibility index (Phi) is 5.60. The maximum Gasteiger partial charge on any atom is 0.387 e. The Balaban J connectivity index is 2.80. The summed E-state index contributed by atoms with van der Waals surface area (Å²) in [4.78, 5) is 0. The number of aryl methyl sites for hydroxylation is 1. The minimum Gasteiger partial charge on any atom is -0.434 e. The van der Waals surface area contributed by atoms with Crippen molar-refractivity contribution in [2.24, 2.45) is 0 Å². The van der Waals surface area contributed by atoms with E-state index < -0.39 is 6.61 Å². The van der Waals surface area contributed by atoms with E-state index in [1.807, 2.05) is 28.7 Å². The summed E-state index contributed by atoms with van der Waals surface area (Å²) in [5.41, 5.74) is 0.995. The number of hydrogen-bond donors (Lipinski definition) is 0. The highest BCUT2D eigenvalue weighted by Gasteiger charge is 2.10. The first kappa shape index (κ1) is 13.0. The molecule has 0 heterocycles. The van der Waals surface area contributed by atoms with Gasteiger partial charge in [-0.15, -0.1) is 11.6 Å². The predicted molar refractivity (Wildman–Crippen MR) is 64.8 cm³/mol. The van der Waals surface area contributed by atoms with Gasteiger partial charge in [-0.25, -0.2) is 0 Å². The van der Waals surface area contributed by atoms with Gasteiger partial charge in [0.15, 0.2) is 0 Å². The number of hydrogen-bond acceptors (Lipinski definition) is 1. The summed E-state index contributed by atoms with van der Waals surface area (Å²) in [5, 5.41) is 0. The van der Waals surface area contributed by atoms with E-state index in [2.05, 4.69) is 4.74 Å². The third-order valence-electron chi connectivity index (χ3n) is 1.84. The smallest absolute Gasteiger partial charge is 0.387 e. The van der Waals surface area contributed by atoms with Gasteiger partial charge in [0.1, 0.15) is 5.75 Å². The second-order valence-electron chi connectivity index (χ2n) is 2.90. The van der Waals surface area contributed by atoms with E-state index in [1.165, 1.54) is 6.07 Å². The van der Waals surface area contributed by atoms with Crippen molar-refractivity contribution >= 4 is 34.2 Å². The Morgan fingerprint density at radius 2 is 2.13 bits per heavy atom. The van der Waals surface area contributed by atoms with Crippen molar-refractivity contribution in [3.8, 4) is 5.75 Å². The third-order valence-corrected chi connectivity index (χ3v) is 3.33. The fourth-order valence-corrected chi connectivity index (χ4v) is 2.08. The molecule has 0 fully saturated rings. The van der Waals surface area contributed by atoms with Crippen LogP contribution in [-0.4, -0.2) is 12.5 Å². The van der Waals surface area contributed by atoms with Crippen LogP contribution in [0.4, 0.5) is 8.78 Å². The highest BCUT2D eigenvalue weighted by molar-refractivity contribution is 14.1. The predicted octanol–water partition coefficient (Wildman–Crippen LogP) is 4.06. The van der Waals surface area contributed by atoms with Gasteiger partial charge in [0.2, 0.25) is 0 Å². The van der Waals surface area contributed by atoms with Crippen molar-refractivity contribution in [3.05, 3.63) is 27.3 Å². The van der Waals surface area contributed by atoms with Crippen LogP contribution in [0.15, 0.2) is 18.2 Å². The SMILES string of the molecule is FC(F)Oc1cccc(CCCCl)c1I. The van der Waals surface area contributed by atoms with Crippen LogP contribution in [0.3, 0.4) is 0 Å². The molecule has 1 rings (SSSR count). The summed E-state index contributed by atoms with van der Waals surface area (Å²) in [6, 6.07) is 5.15. The van der Waals surface area contributed by atoms with Crippen molar-refractivity contribution in [2.45, 2.75) is 19.5 Å². The van der Waals surface area contributed by atoms with Crippen LogP contribution >= 0.6 is 34.2 Å². The molecule has 0 aliphatic rings. The normalized spacial score (nSPS) is 10.7. The van der Waals surface area contributed by atoms with Crippen molar-refractivity contribution < 1.29 is 13.5 Å². The van der Waals surface area contributed by atoms with Crippen LogP contribution in [0.25, 0.3) is 0 Å². The average Bonchev–Trinajstić information content (AvgIpc) is 2.19. The lowest BCUT2D eigenvalue weighted by molar-refractivity contribution is -0.0504. The van der Waals surface area contributed by atoms with E-state index in [-0.39, 0.29) is 5.75 Å². The van der Waals surface area contributed by atoms with Gasteiger partial charge in [0.05, 0.1) is 3.57 Å². The molecule has 1 aromatic rings. The minimum absolute atomic E-state index is 0.234. The maximum absolute atomic E-state index is 12.0. The Hall–Kier alpha value is -0.100. The van der Waals surface area contributed by atoms with Crippen molar-refractivity contribution in [2.75, 3.05) is 5.88 Å². The van der Waals surface area contributed by atoms with Crippen LogP contribution < -0.4 is 4.74 Å². The van der Waals surface area contributed by atoms with Gasteiger partial charge in [-0.1, -0.05) is 12.1 Å². The zero-order valence-corrected chi connectivity index (χ0v) is 10.8. The topological polar surface area (TPSA) is 9.23 Å². The van der Waals surface area contributed by atoms with Crippen LogP contribution in [-0.2, 0) is 6.42 Å². The van der Waals surface area contributed by atoms with E-state index in [0.29, 0.717) is 5.88 Å². The zero-order chi connectivity index (χ0) is 11.3. The molecule has 0 saturated carbocycles. The molecule has 0 aromatic heterocycles. The first-order chi connectivity index (χ1) is 7.15. The summed E-state index contributed by atoms with van der Waals surface area (Å²) in [6.45, 7) is -2.78. The lowest BCUT2D eigenvalue weighted by Gasteiger charge is -2.10. The van der Waals surface area contributed by atoms with E-state index >= 15 is 0 Å². The molecule has 0 atom stereocenters. The quantitative estimate of drug-likeness (QED) is 0.577. The lowest BCUT2D eigenvalue weighted by Crippen LogP contribution is -2.04. The van der Waals surface area contributed by atoms with E-state index in [9.17, 15) is 8.78 Å². The van der Waals surface area contributed by atoms with Crippen LogP contribution in [0.5, 0.6) is 5.75 Å². The van der Waals surface area contributed by atoms with Gasteiger partial charge in [-0.2, -0.15) is 8.78 Å². The van der Waals surface area contributed by atoms with E-state index in [4.69, 9.17) is 11.6 Å². The molecule has 0 radical (unpaired) electrons. The summed E-state index contributed by atoms with van der Waals surface area (Å²) in [7, 11) is 0. The van der Waals surface area contributed by atoms with Crippen molar-refractivity contribution in [3.63, 3.8) is 0 Å². The Bertz CT molecular complexity index is 320. The summed E-state index contributed by atoms with van der Waals surface area (Å²) in [5.74, 6) is 0.799. The molecule has 0 bridgehead atoms. The van der Waals surface area contributed by atoms with E-state index in [0.717, 1.165) is 22.0 Å². The van der Waals surface area contributed by atoms with Gasteiger partial charge < -0.3 is 4.74 Å². The molecule has 1 nitrogen and oxygen atoms in total. The zero-order valence-electron chi connectivity index (χ0n) is 7.85. The molecule has 15 heavy (non-hydrogen) atoms. The largest absolute Gasteiger partial charge is 0.434 e. The average molecular weight is 347 g/mol.